The number of amides is 2. The number of hydrogen-bond donors (Lipinski definition) is 1. The van der Waals surface area contributed by atoms with Crippen molar-refractivity contribution in [3.63, 3.8) is 0 Å². The van der Waals surface area contributed by atoms with Gasteiger partial charge in [-0.1, -0.05) is 36.4 Å². The van der Waals surface area contributed by atoms with Gasteiger partial charge in [-0.05, 0) is 36.2 Å². The summed E-state index contributed by atoms with van der Waals surface area (Å²) in [6.45, 7) is 1.12. The van der Waals surface area contributed by atoms with Gasteiger partial charge in [0.25, 0.3) is 0 Å². The van der Waals surface area contributed by atoms with Crippen LogP contribution in [0.4, 0.5) is 5.69 Å². The van der Waals surface area contributed by atoms with Gasteiger partial charge in [0.15, 0.2) is 0 Å². The summed E-state index contributed by atoms with van der Waals surface area (Å²) in [6, 6.07) is 19.5. The maximum atomic E-state index is 12.7. The van der Waals surface area contributed by atoms with Gasteiger partial charge in [0, 0.05) is 31.1 Å². The third-order valence-electron chi connectivity index (χ3n) is 5.00. The molecule has 0 spiro atoms. The predicted molar refractivity (Wildman–Crippen MR) is 105 cm³/mol. The van der Waals surface area contributed by atoms with E-state index < -0.39 is 0 Å². The van der Waals surface area contributed by atoms with E-state index in [0.717, 1.165) is 23.0 Å². The molecule has 2 amide bonds. The minimum Gasteiger partial charge on any atom is -0.342 e. The lowest BCUT2D eigenvalue weighted by Gasteiger charge is -2.17. The molecule has 0 unspecified atom stereocenters. The largest absolute Gasteiger partial charge is 0.342 e. The van der Waals surface area contributed by atoms with E-state index in [-0.39, 0.29) is 24.2 Å². The zero-order valence-electron chi connectivity index (χ0n) is 15.0. The number of rotatable bonds is 5. The Kier molecular flexibility index (Phi) is 4.83. The van der Waals surface area contributed by atoms with Crippen molar-refractivity contribution in [3.8, 4) is 0 Å². The SMILES string of the molecule is O=C(Nc1cccc2ncccc12)[C@H]1CC(=O)N(CCc2ccccc2)C1. The van der Waals surface area contributed by atoms with Crippen LogP contribution in [-0.2, 0) is 16.0 Å². The number of aromatic nitrogens is 1. The highest BCUT2D eigenvalue weighted by molar-refractivity contribution is 6.03. The van der Waals surface area contributed by atoms with Crippen LogP contribution in [-0.4, -0.2) is 34.8 Å². The molecule has 2 aromatic carbocycles. The van der Waals surface area contributed by atoms with Gasteiger partial charge in [0.05, 0.1) is 17.1 Å². The molecule has 0 saturated carbocycles. The van der Waals surface area contributed by atoms with E-state index >= 15 is 0 Å². The molecule has 1 aliphatic heterocycles. The molecule has 1 saturated heterocycles. The van der Waals surface area contributed by atoms with Gasteiger partial charge < -0.3 is 10.2 Å². The summed E-state index contributed by atoms with van der Waals surface area (Å²) in [5, 5.41) is 3.89. The number of hydrogen-bond acceptors (Lipinski definition) is 3. The summed E-state index contributed by atoms with van der Waals surface area (Å²) in [4.78, 5) is 31.1. The Morgan fingerprint density at radius 1 is 1.07 bits per heavy atom. The first-order valence-corrected chi connectivity index (χ1v) is 9.17. The maximum Gasteiger partial charge on any atom is 0.229 e. The van der Waals surface area contributed by atoms with Gasteiger partial charge in [0.1, 0.15) is 0 Å². The minimum absolute atomic E-state index is 0.0469. The monoisotopic (exact) mass is 359 g/mol. The molecule has 1 fully saturated rings. The predicted octanol–water partition coefficient (Wildman–Crippen LogP) is 3.26. The number of nitrogens with zero attached hydrogens (tertiary/aromatic N) is 2. The van der Waals surface area contributed by atoms with Crippen LogP contribution in [0.3, 0.4) is 0 Å². The molecule has 0 radical (unpaired) electrons. The number of pyridine rings is 1. The number of anilines is 1. The van der Waals surface area contributed by atoms with Crippen LogP contribution in [0.2, 0.25) is 0 Å². The Morgan fingerprint density at radius 3 is 2.78 bits per heavy atom. The quantitative estimate of drug-likeness (QED) is 0.760. The summed E-state index contributed by atoms with van der Waals surface area (Å²) in [7, 11) is 0. The lowest BCUT2D eigenvalue weighted by atomic mass is 10.1. The molecule has 2 heterocycles. The maximum absolute atomic E-state index is 12.7. The van der Waals surface area contributed by atoms with Crippen molar-refractivity contribution >= 4 is 28.4 Å². The summed E-state index contributed by atoms with van der Waals surface area (Å²) in [5.41, 5.74) is 2.77. The Balaban J connectivity index is 1.40. The topological polar surface area (TPSA) is 62.3 Å². The Bertz CT molecular complexity index is 966. The van der Waals surface area contributed by atoms with Crippen LogP contribution in [0.1, 0.15) is 12.0 Å². The second-order valence-corrected chi connectivity index (χ2v) is 6.84. The molecular formula is C22H21N3O2. The molecule has 1 atom stereocenters. The Hall–Kier alpha value is -3.21. The zero-order valence-corrected chi connectivity index (χ0v) is 15.0. The van der Waals surface area contributed by atoms with E-state index in [1.165, 1.54) is 5.56 Å². The first-order valence-electron chi connectivity index (χ1n) is 9.17. The number of nitrogens with one attached hydrogen (secondary N) is 1. The molecule has 1 aliphatic rings. The molecule has 5 nitrogen and oxygen atoms in total. The standard InChI is InChI=1S/C22H21N3O2/c26-21-14-17(15-25(21)13-11-16-6-2-1-3-7-16)22(27)24-20-10-4-9-19-18(20)8-5-12-23-19/h1-10,12,17H,11,13-15H2,(H,24,27)/t17-/m0/s1. The fourth-order valence-corrected chi connectivity index (χ4v) is 3.52. The first kappa shape index (κ1) is 17.2. The van der Waals surface area contributed by atoms with Crippen LogP contribution in [0.5, 0.6) is 0 Å². The third-order valence-corrected chi connectivity index (χ3v) is 5.00. The lowest BCUT2D eigenvalue weighted by molar-refractivity contribution is -0.128. The molecule has 27 heavy (non-hydrogen) atoms. The lowest BCUT2D eigenvalue weighted by Crippen LogP contribution is -2.30. The van der Waals surface area contributed by atoms with E-state index in [0.29, 0.717) is 13.1 Å². The molecule has 1 aromatic heterocycles. The highest BCUT2D eigenvalue weighted by Crippen LogP contribution is 2.24. The van der Waals surface area contributed by atoms with Crippen molar-refractivity contribution in [2.75, 3.05) is 18.4 Å². The van der Waals surface area contributed by atoms with Gasteiger partial charge in [0.2, 0.25) is 11.8 Å². The summed E-state index contributed by atoms with van der Waals surface area (Å²) >= 11 is 0. The van der Waals surface area contributed by atoms with Crippen molar-refractivity contribution in [1.82, 2.24) is 9.88 Å². The van der Waals surface area contributed by atoms with Crippen molar-refractivity contribution in [2.24, 2.45) is 5.92 Å². The van der Waals surface area contributed by atoms with Gasteiger partial charge in [-0.15, -0.1) is 0 Å². The molecule has 0 bridgehead atoms. The smallest absolute Gasteiger partial charge is 0.229 e. The highest BCUT2D eigenvalue weighted by atomic mass is 16.2. The van der Waals surface area contributed by atoms with Crippen molar-refractivity contribution in [3.05, 3.63) is 72.4 Å². The van der Waals surface area contributed by atoms with Gasteiger partial charge in [-0.3, -0.25) is 14.6 Å². The van der Waals surface area contributed by atoms with Gasteiger partial charge in [-0.25, -0.2) is 0 Å². The van der Waals surface area contributed by atoms with Gasteiger partial charge >= 0.3 is 0 Å². The van der Waals surface area contributed by atoms with E-state index in [2.05, 4.69) is 22.4 Å². The van der Waals surface area contributed by atoms with Crippen LogP contribution >= 0.6 is 0 Å². The molecule has 3 aromatic rings. The highest BCUT2D eigenvalue weighted by Gasteiger charge is 2.34. The third kappa shape index (κ3) is 3.82. The van der Waals surface area contributed by atoms with E-state index in [9.17, 15) is 9.59 Å². The Morgan fingerprint density at radius 2 is 1.93 bits per heavy atom. The van der Waals surface area contributed by atoms with Crippen molar-refractivity contribution < 1.29 is 9.59 Å². The number of likely N-dealkylation sites (tertiary alicyclic amines) is 1. The number of carbonyl (C=O) groups is 2. The fraction of sp³-hybridized carbons (Fsp3) is 0.227. The average molecular weight is 359 g/mol. The molecule has 136 valence electrons. The van der Waals surface area contributed by atoms with Crippen molar-refractivity contribution in [2.45, 2.75) is 12.8 Å². The number of fused-ring (bicyclic) bond motifs is 1. The van der Waals surface area contributed by atoms with Crippen LogP contribution in [0.15, 0.2) is 66.9 Å². The van der Waals surface area contributed by atoms with Crippen LogP contribution in [0.25, 0.3) is 10.9 Å². The molecule has 4 rings (SSSR count). The minimum atomic E-state index is -0.319. The fourth-order valence-electron chi connectivity index (χ4n) is 3.52. The summed E-state index contributed by atoms with van der Waals surface area (Å²) in [5.74, 6) is -0.382. The van der Waals surface area contributed by atoms with E-state index in [1.807, 2.05) is 48.5 Å². The van der Waals surface area contributed by atoms with Crippen molar-refractivity contribution in [1.29, 1.82) is 0 Å². The van der Waals surface area contributed by atoms with Crippen LogP contribution in [0, 0.1) is 5.92 Å². The average Bonchev–Trinajstić information content (AvgIpc) is 3.08. The number of carbonyl (C=O) groups excluding carboxylic acids is 2. The second kappa shape index (κ2) is 7.58. The molecule has 1 N–H and O–H groups in total. The first-order chi connectivity index (χ1) is 13.2. The Labute approximate surface area is 158 Å². The molecule has 5 heteroatoms. The van der Waals surface area contributed by atoms with E-state index in [4.69, 9.17) is 0 Å². The second-order valence-electron chi connectivity index (χ2n) is 6.84. The summed E-state index contributed by atoms with van der Waals surface area (Å²) in [6.07, 6.45) is 2.80. The van der Waals surface area contributed by atoms with E-state index in [1.54, 1.807) is 11.1 Å². The molecule has 0 aliphatic carbocycles. The normalized spacial score (nSPS) is 16.7. The zero-order chi connectivity index (χ0) is 18.6. The van der Waals surface area contributed by atoms with Crippen LogP contribution < -0.4 is 5.32 Å². The summed E-state index contributed by atoms with van der Waals surface area (Å²) < 4.78 is 0. The number of benzene rings is 2. The van der Waals surface area contributed by atoms with Gasteiger partial charge in [-0.2, -0.15) is 0 Å². The molecular weight excluding hydrogens is 338 g/mol.